The summed E-state index contributed by atoms with van der Waals surface area (Å²) in [7, 11) is 0. The lowest BCUT2D eigenvalue weighted by Gasteiger charge is -2.38. The topological polar surface area (TPSA) is 65.4 Å². The number of ether oxygens (including phenoxy) is 1. The molecule has 24 heavy (non-hydrogen) atoms. The number of fused-ring (bicyclic) bond motifs is 1. The van der Waals surface area contributed by atoms with Crippen molar-refractivity contribution in [3.05, 3.63) is 59.7 Å². The highest BCUT2D eigenvalue weighted by molar-refractivity contribution is 6.01. The molecule has 2 aromatic carbocycles. The van der Waals surface area contributed by atoms with Crippen LogP contribution in [0.15, 0.2) is 48.5 Å². The van der Waals surface area contributed by atoms with Crippen LogP contribution in [-0.2, 0) is 0 Å². The molecule has 3 rings (SSSR count). The Morgan fingerprint density at radius 2 is 1.96 bits per heavy atom. The van der Waals surface area contributed by atoms with Crippen molar-refractivity contribution in [2.75, 3.05) is 18.5 Å². The van der Waals surface area contributed by atoms with Crippen molar-refractivity contribution in [3.8, 4) is 11.8 Å². The molecule has 0 aromatic heterocycles. The molecule has 122 valence electrons. The maximum atomic E-state index is 12.8. The monoisotopic (exact) mass is 321 g/mol. The van der Waals surface area contributed by atoms with Gasteiger partial charge < -0.3 is 15.0 Å². The molecule has 0 spiro atoms. The van der Waals surface area contributed by atoms with Crippen molar-refractivity contribution in [2.45, 2.75) is 19.5 Å². The number of nitriles is 1. The summed E-state index contributed by atoms with van der Waals surface area (Å²) in [6, 6.07) is 17.0. The largest absolute Gasteiger partial charge is 0.479 e. The van der Waals surface area contributed by atoms with Crippen LogP contribution in [0.1, 0.15) is 35.4 Å². The minimum atomic E-state index is -0.211. The molecule has 0 unspecified atom stereocenters. The number of anilines is 1. The number of para-hydroxylation sites is 1. The maximum absolute atomic E-state index is 12.8. The highest BCUT2D eigenvalue weighted by Crippen LogP contribution is 2.33. The van der Waals surface area contributed by atoms with E-state index in [4.69, 9.17) is 10.00 Å². The van der Waals surface area contributed by atoms with Gasteiger partial charge in [0.25, 0.3) is 5.91 Å². The van der Waals surface area contributed by atoms with Crippen molar-refractivity contribution in [1.29, 1.82) is 5.26 Å². The summed E-state index contributed by atoms with van der Waals surface area (Å²) in [5.41, 5.74) is 2.54. The van der Waals surface area contributed by atoms with E-state index in [1.807, 2.05) is 59.5 Å². The number of amides is 1. The van der Waals surface area contributed by atoms with Crippen molar-refractivity contribution >= 4 is 11.6 Å². The van der Waals surface area contributed by atoms with Gasteiger partial charge in [0, 0.05) is 12.2 Å². The highest BCUT2D eigenvalue weighted by atomic mass is 16.5. The first-order chi connectivity index (χ1) is 11.7. The van der Waals surface area contributed by atoms with Gasteiger partial charge in [0.2, 0.25) is 0 Å². The number of carbonyl (C=O) groups is 1. The Morgan fingerprint density at radius 1 is 1.21 bits per heavy atom. The molecule has 1 atom stereocenters. The lowest BCUT2D eigenvalue weighted by atomic mass is 10.0. The molecule has 0 saturated carbocycles. The standard InChI is InChI=1S/C19H19N3O2/c1-2-12-22-18(14-7-9-15(10-8-14)24-13-11-20)21-17-6-4-3-5-16(17)19(22)23/h3-10,18,21H,2,12-13H2,1H3/t18-/m1/s1. The molecule has 1 N–H and O–H groups in total. The molecule has 1 aliphatic rings. The average Bonchev–Trinajstić information content (AvgIpc) is 2.63. The number of nitrogens with one attached hydrogen (secondary N) is 1. The van der Waals surface area contributed by atoms with Gasteiger partial charge in [-0.2, -0.15) is 5.26 Å². The Kier molecular flexibility index (Phi) is 4.66. The van der Waals surface area contributed by atoms with E-state index in [9.17, 15) is 4.79 Å². The normalized spacial score (nSPS) is 16.1. The number of nitrogens with zero attached hydrogens (tertiary/aromatic N) is 2. The van der Waals surface area contributed by atoms with Crippen LogP contribution in [0.4, 0.5) is 5.69 Å². The van der Waals surface area contributed by atoms with Gasteiger partial charge in [0.1, 0.15) is 18.0 Å². The Balaban J connectivity index is 1.90. The van der Waals surface area contributed by atoms with E-state index < -0.39 is 0 Å². The molecular weight excluding hydrogens is 302 g/mol. The SMILES string of the molecule is CCCN1C(=O)c2ccccc2N[C@H]1c1ccc(OCC#N)cc1. The van der Waals surface area contributed by atoms with Crippen molar-refractivity contribution in [2.24, 2.45) is 0 Å². The van der Waals surface area contributed by atoms with E-state index in [0.29, 0.717) is 17.9 Å². The predicted octanol–water partition coefficient (Wildman–Crippen LogP) is 3.57. The molecule has 1 heterocycles. The number of hydrogen-bond donors (Lipinski definition) is 1. The second-order valence-electron chi connectivity index (χ2n) is 5.61. The number of benzene rings is 2. The lowest BCUT2D eigenvalue weighted by molar-refractivity contribution is 0.0683. The summed E-state index contributed by atoms with van der Waals surface area (Å²) in [5.74, 6) is 0.686. The minimum Gasteiger partial charge on any atom is -0.479 e. The molecule has 5 heteroatoms. The van der Waals surface area contributed by atoms with Gasteiger partial charge in [-0.1, -0.05) is 31.2 Å². The predicted molar refractivity (Wildman–Crippen MR) is 91.7 cm³/mol. The van der Waals surface area contributed by atoms with Gasteiger partial charge in [-0.25, -0.2) is 0 Å². The molecule has 0 radical (unpaired) electrons. The third-order valence-corrected chi connectivity index (χ3v) is 3.99. The van der Waals surface area contributed by atoms with Crippen LogP contribution in [0.2, 0.25) is 0 Å². The van der Waals surface area contributed by atoms with Crippen molar-refractivity contribution in [1.82, 2.24) is 4.90 Å². The first kappa shape index (κ1) is 15.9. The van der Waals surface area contributed by atoms with E-state index in [1.165, 1.54) is 0 Å². The van der Waals surface area contributed by atoms with Gasteiger partial charge in [-0.05, 0) is 36.2 Å². The second-order valence-corrected chi connectivity index (χ2v) is 5.61. The molecule has 0 aliphatic carbocycles. The van der Waals surface area contributed by atoms with Crippen LogP contribution in [0.3, 0.4) is 0 Å². The van der Waals surface area contributed by atoms with E-state index >= 15 is 0 Å². The highest BCUT2D eigenvalue weighted by Gasteiger charge is 2.31. The fourth-order valence-electron chi connectivity index (χ4n) is 2.89. The van der Waals surface area contributed by atoms with Crippen LogP contribution >= 0.6 is 0 Å². The first-order valence-electron chi connectivity index (χ1n) is 8.01. The van der Waals surface area contributed by atoms with Gasteiger partial charge in [0.05, 0.1) is 5.56 Å². The van der Waals surface area contributed by atoms with E-state index in [2.05, 4.69) is 12.2 Å². The summed E-state index contributed by atoms with van der Waals surface area (Å²) < 4.78 is 5.29. The third-order valence-electron chi connectivity index (χ3n) is 3.99. The summed E-state index contributed by atoms with van der Waals surface area (Å²) in [6.45, 7) is 2.76. The summed E-state index contributed by atoms with van der Waals surface area (Å²) in [5, 5.41) is 12.0. The van der Waals surface area contributed by atoms with Gasteiger partial charge in [-0.15, -0.1) is 0 Å². The third kappa shape index (κ3) is 3.04. The Labute approximate surface area is 141 Å². The zero-order valence-electron chi connectivity index (χ0n) is 13.5. The molecular formula is C19H19N3O2. The van der Waals surface area contributed by atoms with Crippen LogP contribution in [0.5, 0.6) is 5.75 Å². The maximum Gasteiger partial charge on any atom is 0.257 e. The van der Waals surface area contributed by atoms with Gasteiger partial charge in [-0.3, -0.25) is 4.79 Å². The van der Waals surface area contributed by atoms with Crippen LogP contribution in [0, 0.1) is 11.3 Å². The van der Waals surface area contributed by atoms with E-state index in [-0.39, 0.29) is 18.7 Å². The Bertz CT molecular complexity index is 765. The molecule has 2 aromatic rings. The summed E-state index contributed by atoms with van der Waals surface area (Å²) in [4.78, 5) is 14.7. The minimum absolute atomic E-state index is 0.0227. The van der Waals surface area contributed by atoms with Gasteiger partial charge in [0.15, 0.2) is 6.61 Å². The van der Waals surface area contributed by atoms with Crippen molar-refractivity contribution < 1.29 is 9.53 Å². The lowest BCUT2D eigenvalue weighted by Crippen LogP contribution is -2.43. The second kappa shape index (κ2) is 7.05. The zero-order chi connectivity index (χ0) is 16.9. The zero-order valence-corrected chi connectivity index (χ0v) is 13.5. The molecule has 0 fully saturated rings. The van der Waals surface area contributed by atoms with E-state index in [0.717, 1.165) is 17.7 Å². The molecule has 0 bridgehead atoms. The van der Waals surface area contributed by atoms with Crippen LogP contribution in [-0.4, -0.2) is 24.0 Å². The van der Waals surface area contributed by atoms with Crippen LogP contribution in [0.25, 0.3) is 0 Å². The number of carbonyl (C=O) groups excluding carboxylic acids is 1. The quantitative estimate of drug-likeness (QED) is 0.914. The molecule has 5 nitrogen and oxygen atoms in total. The Morgan fingerprint density at radius 3 is 2.67 bits per heavy atom. The van der Waals surface area contributed by atoms with Crippen molar-refractivity contribution in [3.63, 3.8) is 0 Å². The van der Waals surface area contributed by atoms with Crippen LogP contribution < -0.4 is 10.1 Å². The van der Waals surface area contributed by atoms with Gasteiger partial charge >= 0.3 is 0 Å². The summed E-state index contributed by atoms with van der Waals surface area (Å²) >= 11 is 0. The Hall–Kier alpha value is -3.00. The van der Waals surface area contributed by atoms with E-state index in [1.54, 1.807) is 0 Å². The fraction of sp³-hybridized carbons (Fsp3) is 0.263. The smallest absolute Gasteiger partial charge is 0.257 e. The molecule has 0 saturated heterocycles. The fourth-order valence-corrected chi connectivity index (χ4v) is 2.89. The molecule has 1 aliphatic heterocycles. The molecule has 1 amide bonds. The first-order valence-corrected chi connectivity index (χ1v) is 8.01. The number of hydrogen-bond acceptors (Lipinski definition) is 4. The average molecular weight is 321 g/mol. The number of rotatable bonds is 5. The summed E-state index contributed by atoms with van der Waals surface area (Å²) in [6.07, 6.45) is 0.674.